The summed E-state index contributed by atoms with van der Waals surface area (Å²) in [6, 6.07) is 15.3. The average Bonchev–Trinajstić information content (AvgIpc) is 3.22. The molecule has 1 aromatic heterocycles. The first-order chi connectivity index (χ1) is 16.8. The quantitative estimate of drug-likeness (QED) is 0.367. The Hall–Kier alpha value is -3.45. The van der Waals surface area contributed by atoms with Crippen LogP contribution in [0.15, 0.2) is 59.7 Å². The summed E-state index contributed by atoms with van der Waals surface area (Å²) in [7, 11) is -2.89. The van der Waals surface area contributed by atoms with E-state index in [0.717, 1.165) is 22.3 Å². The molecule has 4 N–H and O–H groups in total. The Kier molecular flexibility index (Phi) is 7.66. The number of aliphatic hydroxyl groups excluding tert-OH is 1. The van der Waals surface area contributed by atoms with Gasteiger partial charge >= 0.3 is 0 Å². The van der Waals surface area contributed by atoms with Crippen molar-refractivity contribution in [2.24, 2.45) is 0 Å². The van der Waals surface area contributed by atoms with Crippen LogP contribution in [0.25, 0.3) is 0 Å². The number of benzene rings is 2. The number of hydrogen-bond donors (Lipinski definition) is 4. The van der Waals surface area contributed by atoms with Crippen molar-refractivity contribution < 1.29 is 18.6 Å². The molecular weight excluding hydrogens is 466 g/mol. The third-order valence-corrected chi connectivity index (χ3v) is 7.85. The summed E-state index contributed by atoms with van der Waals surface area (Å²) in [6.45, 7) is 0.461. The van der Waals surface area contributed by atoms with Crippen LogP contribution in [0.5, 0.6) is 5.75 Å². The van der Waals surface area contributed by atoms with Crippen LogP contribution in [0.3, 0.4) is 0 Å². The van der Waals surface area contributed by atoms with E-state index in [0.29, 0.717) is 13.0 Å². The zero-order valence-electron chi connectivity index (χ0n) is 19.1. The van der Waals surface area contributed by atoms with E-state index < -0.39 is 21.1 Å². The van der Waals surface area contributed by atoms with Gasteiger partial charge in [-0.15, -0.1) is 0 Å². The normalized spacial score (nSPS) is 17.5. The number of nitrogens with zero attached hydrogens (tertiary/aromatic N) is 1. The van der Waals surface area contributed by atoms with Gasteiger partial charge in [0, 0.05) is 36.1 Å². The maximum atomic E-state index is 11.6. The fourth-order valence-electron chi connectivity index (χ4n) is 4.01. The van der Waals surface area contributed by atoms with Gasteiger partial charge in [-0.3, -0.25) is 4.79 Å². The molecule has 0 amide bonds. The molecule has 0 bridgehead atoms. The number of aromatic amines is 1. The number of aliphatic hydroxyl groups is 1. The van der Waals surface area contributed by atoms with Crippen molar-refractivity contribution in [2.75, 3.05) is 18.1 Å². The summed E-state index contributed by atoms with van der Waals surface area (Å²) in [5.74, 6) is 5.98. The van der Waals surface area contributed by atoms with Gasteiger partial charge in [-0.2, -0.15) is 0 Å². The lowest BCUT2D eigenvalue weighted by atomic mass is 9.94. The van der Waals surface area contributed by atoms with E-state index in [2.05, 4.69) is 27.1 Å². The van der Waals surface area contributed by atoms with E-state index in [-0.39, 0.29) is 42.2 Å². The van der Waals surface area contributed by atoms with E-state index in [4.69, 9.17) is 0 Å². The minimum absolute atomic E-state index is 0.0187. The fraction of sp³-hybridized carbons (Fsp3) is 0.308. The average molecular weight is 494 g/mol. The van der Waals surface area contributed by atoms with Crippen LogP contribution in [-0.2, 0) is 22.8 Å². The van der Waals surface area contributed by atoms with Gasteiger partial charge in [0.15, 0.2) is 9.84 Å². The van der Waals surface area contributed by atoms with Crippen molar-refractivity contribution in [1.29, 1.82) is 0 Å². The maximum Gasteiger partial charge on any atom is 0.293 e. The number of hydrogen-bond acceptors (Lipinski definition) is 7. The molecule has 2 aromatic carbocycles. The van der Waals surface area contributed by atoms with Gasteiger partial charge in [-0.25, -0.2) is 13.4 Å². The highest BCUT2D eigenvalue weighted by Gasteiger charge is 2.27. The molecule has 0 spiro atoms. The molecule has 0 aliphatic carbocycles. The lowest BCUT2D eigenvalue weighted by Gasteiger charge is -2.14. The van der Waals surface area contributed by atoms with Crippen LogP contribution in [0, 0.1) is 11.8 Å². The highest BCUT2D eigenvalue weighted by molar-refractivity contribution is 7.91. The predicted octanol–water partition coefficient (Wildman–Crippen LogP) is 1.47. The summed E-state index contributed by atoms with van der Waals surface area (Å²) >= 11 is 0. The van der Waals surface area contributed by atoms with Gasteiger partial charge in [0.05, 0.1) is 30.1 Å². The summed E-state index contributed by atoms with van der Waals surface area (Å²) in [6.07, 6.45) is 2.13. The summed E-state index contributed by atoms with van der Waals surface area (Å²) in [4.78, 5) is 17.9. The number of sulfone groups is 1. The third kappa shape index (κ3) is 6.57. The van der Waals surface area contributed by atoms with Crippen LogP contribution in [0.4, 0.5) is 0 Å². The Bertz CT molecular complexity index is 1390. The highest BCUT2D eigenvalue weighted by Crippen LogP contribution is 2.22. The molecule has 1 unspecified atom stereocenters. The zero-order valence-corrected chi connectivity index (χ0v) is 19.9. The predicted molar refractivity (Wildman–Crippen MR) is 133 cm³/mol. The molecule has 0 saturated carbocycles. The Morgan fingerprint density at radius 3 is 2.34 bits per heavy atom. The van der Waals surface area contributed by atoms with Gasteiger partial charge in [0.1, 0.15) is 0 Å². The van der Waals surface area contributed by atoms with Crippen LogP contribution < -0.4 is 10.9 Å². The summed E-state index contributed by atoms with van der Waals surface area (Å²) in [5.41, 5.74) is 3.24. The minimum Gasteiger partial charge on any atom is -0.502 e. The number of aromatic nitrogens is 2. The maximum absolute atomic E-state index is 11.6. The van der Waals surface area contributed by atoms with Crippen LogP contribution in [0.1, 0.15) is 40.3 Å². The highest BCUT2D eigenvalue weighted by atomic mass is 32.2. The Balaban J connectivity index is 1.35. The molecule has 182 valence electrons. The first-order valence-electron chi connectivity index (χ1n) is 11.3. The van der Waals surface area contributed by atoms with Gasteiger partial charge in [-0.05, 0) is 41.8 Å². The van der Waals surface area contributed by atoms with Crippen LogP contribution in [0.2, 0.25) is 0 Å². The third-order valence-electron chi connectivity index (χ3n) is 6.08. The number of H-pyrrole nitrogens is 1. The van der Waals surface area contributed by atoms with Crippen molar-refractivity contribution in [3.63, 3.8) is 0 Å². The van der Waals surface area contributed by atoms with Crippen LogP contribution >= 0.6 is 0 Å². The number of nitrogens with one attached hydrogen (secondary N) is 2. The monoisotopic (exact) mass is 493 g/mol. The lowest BCUT2D eigenvalue weighted by molar-refractivity contribution is 0.263. The molecule has 2 atom stereocenters. The van der Waals surface area contributed by atoms with Gasteiger partial charge in [0.25, 0.3) is 5.56 Å². The standard InChI is InChI=1S/C26H27N3O5S/c30-15-22(13-24-25(31)26(32)29-17-28-24)21-9-7-19(8-10-21)2-1-18-3-5-20(6-4-18)14-27-23-11-12-35(33,34)16-23/h3-10,17,22-23,27,30-31H,11-16H2,(H,28,29,32)/t22?,23-/m1/s1. The van der Waals surface area contributed by atoms with Gasteiger partial charge in [-0.1, -0.05) is 36.1 Å². The van der Waals surface area contributed by atoms with Gasteiger partial charge in [0.2, 0.25) is 5.75 Å². The molecule has 0 radical (unpaired) electrons. The summed E-state index contributed by atoms with van der Waals surface area (Å²) < 4.78 is 23.1. The molecule has 1 aliphatic rings. The number of aromatic hydroxyl groups is 1. The minimum atomic E-state index is -2.89. The van der Waals surface area contributed by atoms with Crippen LogP contribution in [-0.4, -0.2) is 52.8 Å². The molecule has 4 rings (SSSR count). The first kappa shape index (κ1) is 24.7. The second-order valence-electron chi connectivity index (χ2n) is 8.66. The topological polar surface area (TPSA) is 132 Å². The van der Waals surface area contributed by atoms with Crippen molar-refractivity contribution in [3.05, 3.63) is 93.2 Å². The Morgan fingerprint density at radius 1 is 1.09 bits per heavy atom. The molecule has 1 fully saturated rings. The van der Waals surface area contributed by atoms with Gasteiger partial charge < -0.3 is 20.5 Å². The van der Waals surface area contributed by atoms with Crippen molar-refractivity contribution in [3.8, 4) is 17.6 Å². The van der Waals surface area contributed by atoms with Crippen molar-refractivity contribution >= 4 is 9.84 Å². The molecule has 8 nitrogen and oxygen atoms in total. The van der Waals surface area contributed by atoms with Crippen molar-refractivity contribution in [1.82, 2.24) is 15.3 Å². The molecule has 1 aliphatic heterocycles. The van der Waals surface area contributed by atoms with Crippen molar-refractivity contribution in [2.45, 2.75) is 31.3 Å². The smallest absolute Gasteiger partial charge is 0.293 e. The van der Waals surface area contributed by atoms with E-state index in [1.54, 1.807) is 0 Å². The Labute approximate surface area is 204 Å². The Morgan fingerprint density at radius 2 is 1.74 bits per heavy atom. The molecule has 3 aromatic rings. The second-order valence-corrected chi connectivity index (χ2v) is 10.9. The van der Waals surface area contributed by atoms with E-state index in [9.17, 15) is 23.4 Å². The fourth-order valence-corrected chi connectivity index (χ4v) is 5.71. The largest absolute Gasteiger partial charge is 0.502 e. The molecule has 1 saturated heterocycles. The van der Waals surface area contributed by atoms with E-state index in [1.165, 1.54) is 6.33 Å². The second kappa shape index (κ2) is 10.9. The molecule has 2 heterocycles. The molecule has 9 heteroatoms. The number of rotatable bonds is 7. The zero-order chi connectivity index (χ0) is 24.8. The van der Waals surface area contributed by atoms with E-state index in [1.807, 2.05) is 48.5 Å². The van der Waals surface area contributed by atoms with E-state index >= 15 is 0 Å². The summed E-state index contributed by atoms with van der Waals surface area (Å²) in [5, 5.41) is 23.0. The first-order valence-corrected chi connectivity index (χ1v) is 13.2. The molecular formula is C26H27N3O5S. The molecule has 35 heavy (non-hydrogen) atoms. The SMILES string of the molecule is O=c1[nH]cnc(CC(CO)c2ccc(C#Cc3ccc(CN[C@@H]4CCS(=O)(=O)C4)cc3)cc2)c1O. The lowest BCUT2D eigenvalue weighted by Crippen LogP contribution is -2.29.